The highest BCUT2D eigenvalue weighted by atomic mass is 15.2. The summed E-state index contributed by atoms with van der Waals surface area (Å²) in [4.78, 5) is 24.0. The van der Waals surface area contributed by atoms with Crippen LogP contribution in [0.4, 0.5) is 11.6 Å². The summed E-state index contributed by atoms with van der Waals surface area (Å²) in [6, 6.07) is 2.01. The Bertz CT molecular complexity index is 863. The van der Waals surface area contributed by atoms with Crippen LogP contribution < -0.4 is 5.32 Å². The number of nitrogens with one attached hydrogen (secondary N) is 1. The molecule has 8 heteroatoms. The molecule has 1 N–H and O–H groups in total. The third-order valence-electron chi connectivity index (χ3n) is 4.93. The van der Waals surface area contributed by atoms with Gasteiger partial charge in [-0.1, -0.05) is 0 Å². The summed E-state index contributed by atoms with van der Waals surface area (Å²) in [7, 11) is 2.05. The van der Waals surface area contributed by atoms with Crippen molar-refractivity contribution in [3.05, 3.63) is 54.9 Å². The van der Waals surface area contributed by atoms with Gasteiger partial charge in [-0.2, -0.15) is 0 Å². The van der Waals surface area contributed by atoms with Crippen molar-refractivity contribution in [2.75, 3.05) is 18.4 Å². The van der Waals surface area contributed by atoms with Crippen LogP contribution >= 0.6 is 0 Å². The molecule has 140 valence electrons. The van der Waals surface area contributed by atoms with Crippen LogP contribution in [0.3, 0.4) is 0 Å². The highest BCUT2D eigenvalue weighted by Crippen LogP contribution is 2.22. The van der Waals surface area contributed by atoms with E-state index in [0.29, 0.717) is 11.7 Å². The molecule has 0 spiro atoms. The van der Waals surface area contributed by atoms with Crippen LogP contribution in [-0.2, 0) is 20.0 Å². The fourth-order valence-corrected chi connectivity index (χ4v) is 3.58. The van der Waals surface area contributed by atoms with Crippen LogP contribution in [0.25, 0.3) is 0 Å². The first kappa shape index (κ1) is 17.5. The zero-order valence-electron chi connectivity index (χ0n) is 15.5. The Labute approximate surface area is 158 Å². The maximum atomic E-state index is 4.47. The van der Waals surface area contributed by atoms with E-state index >= 15 is 0 Å². The molecule has 1 saturated heterocycles. The zero-order chi connectivity index (χ0) is 18.5. The van der Waals surface area contributed by atoms with Gasteiger partial charge in [-0.05, 0) is 31.7 Å². The Morgan fingerprint density at radius 2 is 2.07 bits per heavy atom. The molecule has 8 nitrogen and oxygen atoms in total. The Hall–Kier alpha value is -2.87. The average molecular weight is 364 g/mol. The first-order chi connectivity index (χ1) is 13.3. The van der Waals surface area contributed by atoms with Crippen LogP contribution in [0, 0.1) is 5.92 Å². The number of piperidine rings is 1. The van der Waals surface area contributed by atoms with E-state index in [1.54, 1.807) is 24.9 Å². The van der Waals surface area contributed by atoms with Crippen molar-refractivity contribution < 1.29 is 0 Å². The lowest BCUT2D eigenvalue weighted by atomic mass is 9.93. The number of hydrogen-bond acceptors (Lipinski definition) is 7. The van der Waals surface area contributed by atoms with Crippen LogP contribution in [-0.4, -0.2) is 47.5 Å². The zero-order valence-corrected chi connectivity index (χ0v) is 15.5. The fraction of sp³-hybridized carbons (Fsp3) is 0.421. The van der Waals surface area contributed by atoms with E-state index < -0.39 is 0 Å². The second kappa shape index (κ2) is 8.22. The molecule has 1 unspecified atom stereocenters. The van der Waals surface area contributed by atoms with Crippen molar-refractivity contribution in [1.82, 2.24) is 34.4 Å². The summed E-state index contributed by atoms with van der Waals surface area (Å²) < 4.78 is 2.10. The number of imidazole rings is 1. The number of aromatic nitrogens is 6. The average Bonchev–Trinajstić information content (AvgIpc) is 3.08. The van der Waals surface area contributed by atoms with Gasteiger partial charge in [0.25, 0.3) is 0 Å². The summed E-state index contributed by atoms with van der Waals surface area (Å²) in [5.74, 6) is 3.15. The topological polar surface area (TPSA) is 84.7 Å². The molecule has 0 amide bonds. The first-order valence-corrected chi connectivity index (χ1v) is 9.29. The summed E-state index contributed by atoms with van der Waals surface area (Å²) in [6.07, 6.45) is 13.9. The van der Waals surface area contributed by atoms with Gasteiger partial charge in [0.05, 0.1) is 12.7 Å². The minimum atomic E-state index is 0.596. The van der Waals surface area contributed by atoms with Crippen molar-refractivity contribution in [2.45, 2.75) is 25.8 Å². The SMILES string of the molecule is Cn1ccnc1CN1CCCC(Cc2cc(Nc3cnccn3)ncn2)C1. The van der Waals surface area contributed by atoms with Gasteiger partial charge < -0.3 is 9.88 Å². The molecule has 4 rings (SSSR count). The molecular formula is C19H24N8. The maximum absolute atomic E-state index is 4.47. The lowest BCUT2D eigenvalue weighted by Gasteiger charge is -2.32. The predicted octanol–water partition coefficient (Wildman–Crippen LogP) is 2.20. The van der Waals surface area contributed by atoms with Crippen LogP contribution in [0.5, 0.6) is 0 Å². The maximum Gasteiger partial charge on any atom is 0.150 e. The van der Waals surface area contributed by atoms with Gasteiger partial charge in [-0.15, -0.1) is 0 Å². The molecule has 0 aromatic carbocycles. The molecule has 27 heavy (non-hydrogen) atoms. The first-order valence-electron chi connectivity index (χ1n) is 9.29. The Morgan fingerprint density at radius 1 is 1.11 bits per heavy atom. The number of anilines is 2. The summed E-state index contributed by atoms with van der Waals surface area (Å²) in [5, 5.41) is 3.18. The van der Waals surface area contributed by atoms with Crippen molar-refractivity contribution in [1.29, 1.82) is 0 Å². The largest absolute Gasteiger partial charge is 0.337 e. The third kappa shape index (κ3) is 4.65. The number of rotatable bonds is 6. The lowest BCUT2D eigenvalue weighted by molar-refractivity contribution is 0.161. The van der Waals surface area contributed by atoms with Crippen molar-refractivity contribution in [3.63, 3.8) is 0 Å². The summed E-state index contributed by atoms with van der Waals surface area (Å²) >= 11 is 0. The third-order valence-corrected chi connectivity index (χ3v) is 4.93. The van der Waals surface area contributed by atoms with E-state index in [-0.39, 0.29) is 0 Å². The molecule has 1 atom stereocenters. The Kier molecular flexibility index (Phi) is 5.34. The Morgan fingerprint density at radius 3 is 2.89 bits per heavy atom. The number of hydrogen-bond donors (Lipinski definition) is 1. The van der Waals surface area contributed by atoms with Gasteiger partial charge in [0, 0.05) is 50.1 Å². The van der Waals surface area contributed by atoms with Crippen LogP contribution in [0.15, 0.2) is 43.4 Å². The highest BCUT2D eigenvalue weighted by Gasteiger charge is 2.21. The molecular weight excluding hydrogens is 340 g/mol. The van der Waals surface area contributed by atoms with Crippen molar-refractivity contribution >= 4 is 11.6 Å². The van der Waals surface area contributed by atoms with Gasteiger partial charge in [0.1, 0.15) is 23.8 Å². The van der Waals surface area contributed by atoms with E-state index in [1.165, 1.54) is 12.8 Å². The molecule has 1 aliphatic rings. The number of aryl methyl sites for hydroxylation is 1. The van der Waals surface area contributed by atoms with Crippen molar-refractivity contribution in [2.24, 2.45) is 13.0 Å². The molecule has 3 aromatic rings. The fourth-order valence-electron chi connectivity index (χ4n) is 3.58. The van der Waals surface area contributed by atoms with Crippen LogP contribution in [0.1, 0.15) is 24.4 Å². The van der Waals surface area contributed by atoms with Gasteiger partial charge in [0.2, 0.25) is 0 Å². The molecule has 3 aromatic heterocycles. The standard InChI is InChI=1S/C19H24N8/c1-26-8-6-22-19(26)13-27-7-2-3-15(12-27)9-16-10-17(24-14-23-16)25-18-11-20-4-5-21-18/h4-6,8,10-11,14-15H,2-3,7,9,12-13H2,1H3,(H,21,23,24,25). The number of likely N-dealkylation sites (tertiary alicyclic amines) is 1. The predicted molar refractivity (Wildman–Crippen MR) is 102 cm³/mol. The summed E-state index contributed by atoms with van der Waals surface area (Å²) in [5.41, 5.74) is 1.06. The second-order valence-electron chi connectivity index (χ2n) is 7.01. The summed E-state index contributed by atoms with van der Waals surface area (Å²) in [6.45, 7) is 3.11. The smallest absolute Gasteiger partial charge is 0.150 e. The quantitative estimate of drug-likeness (QED) is 0.718. The lowest BCUT2D eigenvalue weighted by Crippen LogP contribution is -2.36. The van der Waals surface area contributed by atoms with E-state index in [9.17, 15) is 0 Å². The van der Waals surface area contributed by atoms with Crippen molar-refractivity contribution in [3.8, 4) is 0 Å². The monoisotopic (exact) mass is 364 g/mol. The second-order valence-corrected chi connectivity index (χ2v) is 7.01. The van der Waals surface area contributed by atoms with E-state index in [4.69, 9.17) is 0 Å². The molecule has 4 heterocycles. The molecule has 1 fully saturated rings. The van der Waals surface area contributed by atoms with E-state index in [2.05, 4.69) is 46.8 Å². The molecule has 0 bridgehead atoms. The van der Waals surface area contributed by atoms with Gasteiger partial charge in [0.15, 0.2) is 0 Å². The highest BCUT2D eigenvalue weighted by molar-refractivity contribution is 5.49. The normalized spacial score (nSPS) is 17.7. The van der Waals surface area contributed by atoms with E-state index in [0.717, 1.165) is 43.4 Å². The Balaban J connectivity index is 1.37. The van der Waals surface area contributed by atoms with Crippen LogP contribution in [0.2, 0.25) is 0 Å². The molecule has 1 aliphatic heterocycles. The van der Waals surface area contributed by atoms with E-state index in [1.807, 2.05) is 18.5 Å². The molecule has 0 aliphatic carbocycles. The minimum Gasteiger partial charge on any atom is -0.337 e. The minimum absolute atomic E-state index is 0.596. The van der Waals surface area contributed by atoms with Gasteiger partial charge in [-0.25, -0.2) is 19.9 Å². The van der Waals surface area contributed by atoms with Gasteiger partial charge in [-0.3, -0.25) is 9.88 Å². The van der Waals surface area contributed by atoms with Gasteiger partial charge >= 0.3 is 0 Å². The molecule has 0 saturated carbocycles. The number of nitrogens with zero attached hydrogens (tertiary/aromatic N) is 7. The molecule has 0 radical (unpaired) electrons.